The van der Waals surface area contributed by atoms with Gasteiger partial charge < -0.3 is 29.0 Å². The second-order valence-corrected chi connectivity index (χ2v) is 9.47. The molecule has 1 N–H and O–H groups in total. The fourth-order valence-corrected chi connectivity index (χ4v) is 5.35. The molecule has 0 amide bonds. The van der Waals surface area contributed by atoms with Crippen LogP contribution in [0.2, 0.25) is 0 Å². The Hall–Kier alpha value is -3.78. The molecule has 0 unspecified atom stereocenters. The number of ketones is 1. The third kappa shape index (κ3) is 6.11. The van der Waals surface area contributed by atoms with E-state index in [-0.39, 0.29) is 18.3 Å². The number of ether oxygens (including phenoxy) is 5. The summed E-state index contributed by atoms with van der Waals surface area (Å²) in [5.74, 6) is 0.850. The number of carbonyl (C=O) groups is 2. The van der Waals surface area contributed by atoms with Gasteiger partial charge in [0.2, 0.25) is 0 Å². The Balaban J connectivity index is 1.73. The Kier molecular flexibility index (Phi) is 9.30. The minimum absolute atomic E-state index is 0.0116. The number of esters is 1. The van der Waals surface area contributed by atoms with Crippen molar-refractivity contribution >= 4 is 11.8 Å². The van der Waals surface area contributed by atoms with Crippen molar-refractivity contribution < 1.29 is 33.3 Å². The van der Waals surface area contributed by atoms with Gasteiger partial charge in [0.25, 0.3) is 0 Å². The fourth-order valence-electron chi connectivity index (χ4n) is 5.35. The SMILES string of the molecule is CCOCCOC(=O)C1=C(C)NC2=C(C(=O)C[C@@H](c3ccc(OC)c(OC)c3)C2)[C@H]1c1cccc(OCC)c1. The smallest absolute Gasteiger partial charge is 0.336 e. The van der Waals surface area contributed by atoms with Crippen LogP contribution in [0.4, 0.5) is 0 Å². The minimum Gasteiger partial charge on any atom is -0.494 e. The number of carbonyl (C=O) groups excluding carboxylic acids is 2. The number of methoxy groups -OCH3 is 2. The summed E-state index contributed by atoms with van der Waals surface area (Å²) in [4.78, 5) is 27.3. The maximum absolute atomic E-state index is 13.9. The largest absolute Gasteiger partial charge is 0.494 e. The van der Waals surface area contributed by atoms with Gasteiger partial charge in [-0.15, -0.1) is 0 Å². The van der Waals surface area contributed by atoms with Gasteiger partial charge in [0, 0.05) is 35.9 Å². The molecule has 0 aromatic heterocycles. The molecule has 2 aromatic carbocycles. The van der Waals surface area contributed by atoms with E-state index < -0.39 is 11.9 Å². The van der Waals surface area contributed by atoms with Crippen molar-refractivity contribution in [1.29, 1.82) is 0 Å². The lowest BCUT2D eigenvalue weighted by atomic mass is 9.71. The Morgan fingerprint density at radius 1 is 0.949 bits per heavy atom. The summed E-state index contributed by atoms with van der Waals surface area (Å²) in [6, 6.07) is 13.3. The lowest BCUT2D eigenvalue weighted by molar-refractivity contribution is -0.140. The van der Waals surface area contributed by atoms with E-state index >= 15 is 0 Å². The molecule has 1 heterocycles. The van der Waals surface area contributed by atoms with Gasteiger partial charge in [-0.25, -0.2) is 4.79 Å². The first-order valence-corrected chi connectivity index (χ1v) is 13.3. The number of dihydropyridines is 1. The molecule has 4 rings (SSSR count). The predicted molar refractivity (Wildman–Crippen MR) is 147 cm³/mol. The highest BCUT2D eigenvalue weighted by molar-refractivity contribution is 6.04. The summed E-state index contributed by atoms with van der Waals surface area (Å²) in [7, 11) is 3.20. The van der Waals surface area contributed by atoms with Gasteiger partial charge >= 0.3 is 5.97 Å². The lowest BCUT2D eigenvalue weighted by Crippen LogP contribution is -2.36. The third-order valence-electron chi connectivity index (χ3n) is 7.09. The first-order chi connectivity index (χ1) is 18.9. The third-order valence-corrected chi connectivity index (χ3v) is 7.09. The summed E-state index contributed by atoms with van der Waals surface area (Å²) in [5.41, 5.74) is 4.32. The number of hydrogen-bond acceptors (Lipinski definition) is 8. The van der Waals surface area contributed by atoms with Crippen LogP contribution in [-0.4, -0.2) is 52.4 Å². The van der Waals surface area contributed by atoms with E-state index in [0.29, 0.717) is 66.8 Å². The molecule has 208 valence electrons. The van der Waals surface area contributed by atoms with Crippen LogP contribution in [0.5, 0.6) is 17.2 Å². The summed E-state index contributed by atoms with van der Waals surface area (Å²) in [6.07, 6.45) is 0.922. The molecule has 2 atom stereocenters. The van der Waals surface area contributed by atoms with Crippen molar-refractivity contribution in [3.63, 3.8) is 0 Å². The number of rotatable bonds is 11. The maximum Gasteiger partial charge on any atom is 0.336 e. The zero-order valence-corrected chi connectivity index (χ0v) is 23.3. The van der Waals surface area contributed by atoms with Gasteiger partial charge in [-0.05, 0) is 68.5 Å². The van der Waals surface area contributed by atoms with Crippen LogP contribution in [0.15, 0.2) is 65.0 Å². The molecule has 0 radical (unpaired) electrons. The van der Waals surface area contributed by atoms with Crippen LogP contribution < -0.4 is 19.5 Å². The molecule has 0 saturated carbocycles. The monoisotopic (exact) mass is 535 g/mol. The van der Waals surface area contributed by atoms with Crippen molar-refractivity contribution in [2.75, 3.05) is 40.6 Å². The van der Waals surface area contributed by atoms with E-state index in [1.807, 2.05) is 63.2 Å². The number of nitrogens with one attached hydrogen (secondary N) is 1. The number of allylic oxidation sites excluding steroid dienone is 3. The molecule has 39 heavy (non-hydrogen) atoms. The Morgan fingerprint density at radius 3 is 2.46 bits per heavy atom. The standard InChI is InChI=1S/C31H37NO7/c1-6-37-13-14-39-31(34)28-19(3)32-24-16-22(20-11-12-26(35-4)27(18-20)36-5)17-25(33)30(24)29(28)21-9-8-10-23(15-21)38-7-2/h8-12,15,18,22,29,32H,6-7,13-14,16-17H2,1-5H3/t22-,29-/m0/s1. The quantitative estimate of drug-likeness (QED) is 0.316. The van der Waals surface area contributed by atoms with Gasteiger partial charge in [0.15, 0.2) is 17.3 Å². The van der Waals surface area contributed by atoms with Crippen LogP contribution >= 0.6 is 0 Å². The van der Waals surface area contributed by atoms with Crippen LogP contribution in [-0.2, 0) is 19.1 Å². The second kappa shape index (κ2) is 12.8. The second-order valence-electron chi connectivity index (χ2n) is 9.47. The summed E-state index contributed by atoms with van der Waals surface area (Å²) in [5, 5.41) is 3.39. The van der Waals surface area contributed by atoms with Gasteiger partial charge in [-0.2, -0.15) is 0 Å². The Labute approximate surface area is 229 Å². The highest BCUT2D eigenvalue weighted by Crippen LogP contribution is 2.47. The molecule has 0 bridgehead atoms. The molecular weight excluding hydrogens is 498 g/mol. The number of hydrogen-bond donors (Lipinski definition) is 1. The van der Waals surface area contributed by atoms with Crippen LogP contribution in [0.1, 0.15) is 56.6 Å². The van der Waals surface area contributed by atoms with Crippen molar-refractivity contribution in [3.05, 3.63) is 76.1 Å². The highest BCUT2D eigenvalue weighted by atomic mass is 16.6. The maximum atomic E-state index is 13.9. The molecule has 2 aliphatic rings. The zero-order valence-electron chi connectivity index (χ0n) is 23.3. The van der Waals surface area contributed by atoms with Crippen molar-refractivity contribution in [3.8, 4) is 17.2 Å². The molecular formula is C31H37NO7. The van der Waals surface area contributed by atoms with E-state index in [2.05, 4.69) is 5.32 Å². The molecule has 8 heteroatoms. The highest BCUT2D eigenvalue weighted by Gasteiger charge is 2.41. The predicted octanol–water partition coefficient (Wildman–Crippen LogP) is 5.04. The van der Waals surface area contributed by atoms with E-state index in [9.17, 15) is 9.59 Å². The van der Waals surface area contributed by atoms with E-state index in [1.165, 1.54) is 0 Å². The Morgan fingerprint density at radius 2 is 1.74 bits per heavy atom. The van der Waals surface area contributed by atoms with Gasteiger partial charge in [0.05, 0.1) is 33.0 Å². The molecule has 1 aliphatic carbocycles. The number of Topliss-reactive ketones (excluding diaryl/α,β-unsaturated/α-hetero) is 1. The van der Waals surface area contributed by atoms with Crippen molar-refractivity contribution in [1.82, 2.24) is 5.32 Å². The molecule has 8 nitrogen and oxygen atoms in total. The summed E-state index contributed by atoms with van der Waals surface area (Å²) >= 11 is 0. The van der Waals surface area contributed by atoms with Crippen LogP contribution in [0, 0.1) is 0 Å². The first kappa shape index (κ1) is 28.2. The molecule has 2 aromatic rings. The topological polar surface area (TPSA) is 92.3 Å². The van der Waals surface area contributed by atoms with Gasteiger partial charge in [-0.3, -0.25) is 4.79 Å². The number of benzene rings is 2. The van der Waals surface area contributed by atoms with Crippen LogP contribution in [0.3, 0.4) is 0 Å². The average Bonchev–Trinajstić information content (AvgIpc) is 2.94. The summed E-state index contributed by atoms with van der Waals surface area (Å²) < 4.78 is 27.5. The van der Waals surface area contributed by atoms with E-state index in [4.69, 9.17) is 23.7 Å². The normalized spacial score (nSPS) is 18.8. The fraction of sp³-hybridized carbons (Fsp3) is 0.419. The molecule has 0 fully saturated rings. The van der Waals surface area contributed by atoms with Crippen molar-refractivity contribution in [2.24, 2.45) is 0 Å². The average molecular weight is 536 g/mol. The summed E-state index contributed by atoms with van der Waals surface area (Å²) in [6.45, 7) is 7.16. The molecule has 0 saturated heterocycles. The van der Waals surface area contributed by atoms with Crippen LogP contribution in [0.25, 0.3) is 0 Å². The van der Waals surface area contributed by atoms with Gasteiger partial charge in [0.1, 0.15) is 12.4 Å². The molecule has 1 aliphatic heterocycles. The minimum atomic E-state index is -0.569. The lowest BCUT2D eigenvalue weighted by Gasteiger charge is -2.37. The van der Waals surface area contributed by atoms with Gasteiger partial charge in [-0.1, -0.05) is 18.2 Å². The zero-order chi connectivity index (χ0) is 27.9. The van der Waals surface area contributed by atoms with E-state index in [0.717, 1.165) is 16.8 Å². The van der Waals surface area contributed by atoms with Crippen molar-refractivity contribution in [2.45, 2.75) is 45.4 Å². The first-order valence-electron chi connectivity index (χ1n) is 13.3. The molecule has 0 spiro atoms. The Bertz CT molecular complexity index is 1280. The van der Waals surface area contributed by atoms with E-state index in [1.54, 1.807) is 14.2 Å².